The molecule has 0 atom stereocenters. The van der Waals surface area contributed by atoms with Gasteiger partial charge in [-0.3, -0.25) is 9.59 Å². The van der Waals surface area contributed by atoms with Gasteiger partial charge in [-0.1, -0.05) is 121 Å². The van der Waals surface area contributed by atoms with Crippen LogP contribution in [-0.4, -0.2) is 11.6 Å². The Balaban J connectivity index is 0.964. The number of benzene rings is 8. The number of nitrogen functional groups attached to an aromatic ring is 2. The van der Waals surface area contributed by atoms with Gasteiger partial charge in [0, 0.05) is 33.6 Å². The second-order valence-electron chi connectivity index (χ2n) is 13.3. The Morgan fingerprint density at radius 1 is 0.321 bits per heavy atom. The summed E-state index contributed by atoms with van der Waals surface area (Å²) in [5, 5.41) is 0. The van der Waals surface area contributed by atoms with E-state index in [0.29, 0.717) is 33.6 Å². The maximum absolute atomic E-state index is 13.8. The second kappa shape index (κ2) is 15.7. The number of carbonyl (C=O) groups is 2. The molecule has 0 aromatic heterocycles. The highest BCUT2D eigenvalue weighted by Gasteiger charge is 2.17. The molecule has 0 heterocycles. The van der Waals surface area contributed by atoms with Crippen LogP contribution in [0.15, 0.2) is 194 Å². The van der Waals surface area contributed by atoms with E-state index in [2.05, 4.69) is 0 Å². The van der Waals surface area contributed by atoms with E-state index in [4.69, 9.17) is 20.9 Å². The van der Waals surface area contributed by atoms with Crippen LogP contribution in [0.2, 0.25) is 0 Å². The van der Waals surface area contributed by atoms with E-state index < -0.39 is 0 Å². The molecule has 0 radical (unpaired) electrons. The third kappa shape index (κ3) is 7.81. The lowest BCUT2D eigenvalue weighted by molar-refractivity contribution is 0.103. The molecule has 0 bridgehead atoms. The Morgan fingerprint density at radius 3 is 0.946 bits per heavy atom. The summed E-state index contributed by atoms with van der Waals surface area (Å²) in [4.78, 5) is 27.6. The molecule has 6 heteroatoms. The monoisotopic (exact) mass is 728 g/mol. The molecule has 0 unspecified atom stereocenters. The van der Waals surface area contributed by atoms with Crippen LogP contribution in [-0.2, 0) is 0 Å². The van der Waals surface area contributed by atoms with Crippen molar-refractivity contribution in [3.63, 3.8) is 0 Å². The fraction of sp³-hybridized carbons (Fsp3) is 0. The van der Waals surface area contributed by atoms with Gasteiger partial charge in [0.15, 0.2) is 11.6 Å². The van der Waals surface area contributed by atoms with Crippen LogP contribution in [0.5, 0.6) is 23.0 Å². The van der Waals surface area contributed by atoms with E-state index in [1.807, 2.05) is 146 Å². The number of hydrogen-bond acceptors (Lipinski definition) is 6. The number of para-hydroxylation sites is 2. The van der Waals surface area contributed by atoms with Gasteiger partial charge in [-0.25, -0.2) is 0 Å². The predicted octanol–water partition coefficient (Wildman–Crippen LogP) is 11.9. The first kappa shape index (κ1) is 35.3. The van der Waals surface area contributed by atoms with Gasteiger partial charge in [-0.2, -0.15) is 0 Å². The highest BCUT2D eigenvalue weighted by molar-refractivity contribution is 6.14. The maximum Gasteiger partial charge on any atom is 0.195 e. The van der Waals surface area contributed by atoms with Crippen molar-refractivity contribution >= 4 is 22.9 Å². The summed E-state index contributed by atoms with van der Waals surface area (Å²) in [6, 6.07) is 60.4. The fourth-order valence-electron chi connectivity index (χ4n) is 6.48. The third-order valence-electron chi connectivity index (χ3n) is 9.56. The minimum Gasteiger partial charge on any atom is -0.457 e. The van der Waals surface area contributed by atoms with E-state index >= 15 is 0 Å². The smallest absolute Gasteiger partial charge is 0.195 e. The van der Waals surface area contributed by atoms with Crippen LogP contribution in [0.25, 0.3) is 33.4 Å². The van der Waals surface area contributed by atoms with Crippen LogP contribution in [0.4, 0.5) is 11.4 Å². The first-order valence-corrected chi connectivity index (χ1v) is 18.1. The molecule has 0 fully saturated rings. The molecule has 0 aliphatic carbocycles. The number of nitrogens with two attached hydrogens (primary N) is 2. The van der Waals surface area contributed by atoms with Gasteiger partial charge in [0.1, 0.15) is 23.0 Å². The van der Waals surface area contributed by atoms with Gasteiger partial charge in [0.05, 0.1) is 0 Å². The molecule has 8 aromatic rings. The maximum atomic E-state index is 13.8. The summed E-state index contributed by atoms with van der Waals surface area (Å²) in [7, 11) is 0. The Morgan fingerprint density at radius 2 is 0.607 bits per heavy atom. The van der Waals surface area contributed by atoms with Crippen molar-refractivity contribution < 1.29 is 19.1 Å². The van der Waals surface area contributed by atoms with E-state index in [-0.39, 0.29) is 11.6 Å². The molecular formula is C50H36N2O4. The Labute approximate surface area is 325 Å². The first-order valence-electron chi connectivity index (χ1n) is 18.1. The van der Waals surface area contributed by atoms with Gasteiger partial charge >= 0.3 is 0 Å². The van der Waals surface area contributed by atoms with Crippen molar-refractivity contribution in [3.8, 4) is 56.4 Å². The molecule has 0 aliphatic heterocycles. The van der Waals surface area contributed by atoms with Crippen molar-refractivity contribution in [1.29, 1.82) is 0 Å². The average Bonchev–Trinajstić information content (AvgIpc) is 3.25. The standard InChI is InChI=1S/C50H36N2O4/c51-47-29-23-39(31-45(47)49(53)37-15-11-33(12-16-37)35-19-25-43(26-20-35)55-41-7-3-1-4-8-41)40-24-30-48(52)46(32-40)50(54)38-17-13-34(14-18-38)36-21-27-44(28-22-36)56-42-9-5-2-6-10-42/h1-32H,51-52H2. The molecule has 8 rings (SSSR count). The summed E-state index contributed by atoms with van der Waals surface area (Å²) in [6.07, 6.45) is 0. The van der Waals surface area contributed by atoms with Crippen molar-refractivity contribution in [1.82, 2.24) is 0 Å². The number of rotatable bonds is 11. The van der Waals surface area contributed by atoms with E-state index in [0.717, 1.165) is 56.4 Å². The van der Waals surface area contributed by atoms with Gasteiger partial charge in [0.2, 0.25) is 0 Å². The lowest BCUT2D eigenvalue weighted by Gasteiger charge is -2.12. The van der Waals surface area contributed by atoms with Crippen molar-refractivity contribution in [2.45, 2.75) is 0 Å². The topological polar surface area (TPSA) is 105 Å². The molecule has 6 nitrogen and oxygen atoms in total. The number of ketones is 2. The van der Waals surface area contributed by atoms with E-state index in [9.17, 15) is 9.59 Å². The zero-order valence-electron chi connectivity index (χ0n) is 30.3. The summed E-state index contributed by atoms with van der Waals surface area (Å²) in [5.74, 6) is 2.62. The zero-order valence-corrected chi connectivity index (χ0v) is 30.3. The van der Waals surface area contributed by atoms with Crippen molar-refractivity contribution in [2.75, 3.05) is 11.5 Å². The molecule has 0 amide bonds. The van der Waals surface area contributed by atoms with Crippen LogP contribution in [0.1, 0.15) is 31.8 Å². The molecule has 8 aromatic carbocycles. The molecule has 0 spiro atoms. The summed E-state index contributed by atoms with van der Waals surface area (Å²) >= 11 is 0. The fourth-order valence-corrected chi connectivity index (χ4v) is 6.48. The molecule has 56 heavy (non-hydrogen) atoms. The minimum absolute atomic E-state index is 0.201. The summed E-state index contributed by atoms with van der Waals surface area (Å²) in [6.45, 7) is 0. The van der Waals surface area contributed by atoms with Crippen LogP contribution < -0.4 is 20.9 Å². The predicted molar refractivity (Wildman–Crippen MR) is 224 cm³/mol. The van der Waals surface area contributed by atoms with Gasteiger partial charge in [0.25, 0.3) is 0 Å². The lowest BCUT2D eigenvalue weighted by atomic mass is 9.93. The first-order chi connectivity index (χ1) is 27.4. The number of ether oxygens (including phenoxy) is 2. The summed E-state index contributed by atoms with van der Waals surface area (Å²) < 4.78 is 11.8. The van der Waals surface area contributed by atoms with Crippen LogP contribution in [0, 0.1) is 0 Å². The van der Waals surface area contributed by atoms with Crippen molar-refractivity contribution in [2.24, 2.45) is 0 Å². The van der Waals surface area contributed by atoms with E-state index in [1.165, 1.54) is 0 Å². The molecule has 270 valence electrons. The van der Waals surface area contributed by atoms with Crippen LogP contribution >= 0.6 is 0 Å². The number of carbonyl (C=O) groups excluding carboxylic acids is 2. The van der Waals surface area contributed by atoms with E-state index in [1.54, 1.807) is 48.5 Å². The van der Waals surface area contributed by atoms with Gasteiger partial charge in [-0.05, 0) is 106 Å². The molecule has 0 saturated carbocycles. The SMILES string of the molecule is Nc1ccc(-c2ccc(N)c(C(=O)c3ccc(-c4ccc(Oc5ccccc5)cc4)cc3)c2)cc1C(=O)c1ccc(-c2ccc(Oc3ccccc3)cc2)cc1. The quantitative estimate of drug-likeness (QED) is 0.101. The Kier molecular flexibility index (Phi) is 9.92. The largest absolute Gasteiger partial charge is 0.457 e. The highest BCUT2D eigenvalue weighted by atomic mass is 16.5. The number of anilines is 2. The Bertz CT molecular complexity index is 2450. The number of hydrogen-bond donors (Lipinski definition) is 2. The van der Waals surface area contributed by atoms with Gasteiger partial charge in [-0.15, -0.1) is 0 Å². The third-order valence-corrected chi connectivity index (χ3v) is 9.56. The average molecular weight is 729 g/mol. The van der Waals surface area contributed by atoms with Crippen LogP contribution in [0.3, 0.4) is 0 Å². The molecular weight excluding hydrogens is 693 g/mol. The molecule has 4 N–H and O–H groups in total. The normalized spacial score (nSPS) is 10.8. The highest BCUT2D eigenvalue weighted by Crippen LogP contribution is 2.32. The lowest BCUT2D eigenvalue weighted by Crippen LogP contribution is -2.07. The molecule has 0 aliphatic rings. The second-order valence-corrected chi connectivity index (χ2v) is 13.3. The van der Waals surface area contributed by atoms with Crippen molar-refractivity contribution in [3.05, 3.63) is 216 Å². The summed E-state index contributed by atoms with van der Waals surface area (Å²) in [5.41, 5.74) is 20.6. The Hall–Kier alpha value is -7.70. The zero-order chi connectivity index (χ0) is 38.4. The molecule has 0 saturated heterocycles. The van der Waals surface area contributed by atoms with Gasteiger partial charge < -0.3 is 20.9 Å². The minimum atomic E-state index is -0.201.